The molecule has 0 fully saturated rings. The van der Waals surface area contributed by atoms with Crippen molar-refractivity contribution in [2.24, 2.45) is 5.10 Å². The van der Waals surface area contributed by atoms with Crippen LogP contribution in [0.2, 0.25) is 4.34 Å². The van der Waals surface area contributed by atoms with E-state index in [2.05, 4.69) is 10.5 Å². The Bertz CT molecular complexity index is 870. The van der Waals surface area contributed by atoms with Gasteiger partial charge in [-0.2, -0.15) is 5.10 Å². The number of nitrogens with zero attached hydrogens (tertiary/aromatic N) is 1. The Morgan fingerprint density at radius 3 is 2.25 bits per heavy atom. The molecule has 3 rings (SSSR count). The van der Waals surface area contributed by atoms with Crippen molar-refractivity contribution >= 4 is 34.6 Å². The second kappa shape index (κ2) is 7.43. The van der Waals surface area contributed by atoms with Gasteiger partial charge in [0.1, 0.15) is 0 Å². The number of hydrogen-bond acceptors (Lipinski definition) is 3. The van der Waals surface area contributed by atoms with Crippen molar-refractivity contribution in [3.8, 4) is 11.1 Å². The number of rotatable bonds is 4. The van der Waals surface area contributed by atoms with Crippen molar-refractivity contribution in [1.82, 2.24) is 5.43 Å². The number of halogens is 1. The van der Waals surface area contributed by atoms with Crippen LogP contribution in [0.25, 0.3) is 11.1 Å². The fourth-order valence-corrected chi connectivity index (χ4v) is 3.20. The molecule has 0 unspecified atom stereocenters. The quantitative estimate of drug-likeness (QED) is 0.506. The first-order chi connectivity index (χ1) is 11.6. The summed E-state index contributed by atoms with van der Waals surface area (Å²) in [5.41, 5.74) is 6.05. The summed E-state index contributed by atoms with van der Waals surface area (Å²) in [7, 11) is 0. The molecule has 0 spiro atoms. The summed E-state index contributed by atoms with van der Waals surface area (Å²) < 4.78 is 0.697. The smallest absolute Gasteiger partial charge is 0.267 e. The molecule has 24 heavy (non-hydrogen) atoms. The monoisotopic (exact) mass is 354 g/mol. The van der Waals surface area contributed by atoms with E-state index in [1.807, 2.05) is 61.5 Å². The molecule has 0 saturated heterocycles. The molecule has 2 aromatic carbocycles. The maximum absolute atomic E-state index is 12.2. The van der Waals surface area contributed by atoms with E-state index < -0.39 is 0 Å². The highest BCUT2D eigenvalue weighted by molar-refractivity contribution is 7.18. The fraction of sp³-hybridized carbons (Fsp3) is 0.0526. The van der Waals surface area contributed by atoms with Crippen LogP contribution in [-0.4, -0.2) is 11.6 Å². The number of amides is 1. The van der Waals surface area contributed by atoms with E-state index in [0.29, 0.717) is 9.90 Å². The second-order valence-corrected chi connectivity index (χ2v) is 6.90. The summed E-state index contributed by atoms with van der Waals surface area (Å²) in [6.07, 6.45) is 0. The molecule has 0 bridgehead atoms. The van der Waals surface area contributed by atoms with Crippen molar-refractivity contribution in [2.75, 3.05) is 0 Å². The van der Waals surface area contributed by atoms with Crippen LogP contribution >= 0.6 is 22.9 Å². The molecule has 1 heterocycles. The van der Waals surface area contributed by atoms with E-state index in [9.17, 15) is 4.79 Å². The molecule has 0 aliphatic carbocycles. The first-order valence-corrected chi connectivity index (χ1v) is 8.59. The van der Waals surface area contributed by atoms with Crippen LogP contribution in [0, 0.1) is 0 Å². The first-order valence-electron chi connectivity index (χ1n) is 7.39. The predicted octanol–water partition coefficient (Wildman–Crippen LogP) is 5.22. The Kier molecular flexibility index (Phi) is 5.08. The van der Waals surface area contributed by atoms with E-state index in [1.165, 1.54) is 11.3 Å². The molecule has 0 aliphatic rings. The van der Waals surface area contributed by atoms with Crippen LogP contribution in [0.15, 0.2) is 71.8 Å². The number of carbonyl (C=O) groups is 1. The predicted molar refractivity (Wildman–Crippen MR) is 101 cm³/mol. The highest BCUT2D eigenvalue weighted by Gasteiger charge is 2.06. The number of benzene rings is 2. The standard InChI is InChI=1S/C19H15ClN2OS/c1-13(17-11-12-18(20)24-17)21-22-19(23)16-9-7-15(8-10-16)14-5-3-2-4-6-14/h2-12H,1H3,(H,22,23). The minimum atomic E-state index is -0.239. The molecule has 3 nitrogen and oxygen atoms in total. The Labute approximate surface area is 149 Å². The van der Waals surface area contributed by atoms with Gasteiger partial charge in [-0.25, -0.2) is 5.43 Å². The van der Waals surface area contributed by atoms with Crippen molar-refractivity contribution in [3.05, 3.63) is 81.5 Å². The Morgan fingerprint density at radius 1 is 0.958 bits per heavy atom. The lowest BCUT2D eigenvalue weighted by Gasteiger charge is -2.04. The summed E-state index contributed by atoms with van der Waals surface area (Å²) in [6, 6.07) is 21.2. The maximum atomic E-state index is 12.2. The molecule has 1 N–H and O–H groups in total. The van der Waals surface area contributed by atoms with Gasteiger partial charge in [-0.3, -0.25) is 4.79 Å². The zero-order chi connectivity index (χ0) is 16.9. The number of thiophene rings is 1. The zero-order valence-electron chi connectivity index (χ0n) is 13.0. The largest absolute Gasteiger partial charge is 0.271 e. The molecule has 0 aliphatic heterocycles. The Balaban J connectivity index is 1.69. The van der Waals surface area contributed by atoms with Gasteiger partial charge < -0.3 is 0 Å². The summed E-state index contributed by atoms with van der Waals surface area (Å²) in [5.74, 6) is -0.239. The molecule has 1 aromatic heterocycles. The van der Waals surface area contributed by atoms with Crippen LogP contribution in [0.4, 0.5) is 0 Å². The van der Waals surface area contributed by atoms with Gasteiger partial charge in [0.15, 0.2) is 0 Å². The van der Waals surface area contributed by atoms with Gasteiger partial charge in [-0.05, 0) is 42.3 Å². The lowest BCUT2D eigenvalue weighted by Crippen LogP contribution is -2.19. The zero-order valence-corrected chi connectivity index (χ0v) is 14.6. The third kappa shape index (κ3) is 3.91. The van der Waals surface area contributed by atoms with Gasteiger partial charge in [0.05, 0.1) is 14.9 Å². The second-order valence-electron chi connectivity index (χ2n) is 5.19. The summed E-state index contributed by atoms with van der Waals surface area (Å²) in [5, 5.41) is 4.13. The summed E-state index contributed by atoms with van der Waals surface area (Å²) >= 11 is 7.33. The SMILES string of the molecule is CC(=NNC(=O)c1ccc(-c2ccccc2)cc1)c1ccc(Cl)s1. The lowest BCUT2D eigenvalue weighted by atomic mass is 10.0. The van der Waals surface area contributed by atoms with Gasteiger partial charge in [0, 0.05) is 5.56 Å². The number of nitrogens with one attached hydrogen (secondary N) is 1. The van der Waals surface area contributed by atoms with Crippen LogP contribution < -0.4 is 5.43 Å². The third-order valence-corrected chi connectivity index (χ3v) is 4.85. The lowest BCUT2D eigenvalue weighted by molar-refractivity contribution is 0.0955. The third-order valence-electron chi connectivity index (χ3n) is 3.51. The molecule has 0 radical (unpaired) electrons. The van der Waals surface area contributed by atoms with Gasteiger partial charge in [-0.15, -0.1) is 11.3 Å². The van der Waals surface area contributed by atoms with E-state index in [-0.39, 0.29) is 5.91 Å². The summed E-state index contributed by atoms with van der Waals surface area (Å²) in [6.45, 7) is 1.83. The highest BCUT2D eigenvalue weighted by Crippen LogP contribution is 2.22. The Morgan fingerprint density at radius 2 is 1.62 bits per heavy atom. The van der Waals surface area contributed by atoms with Crippen molar-refractivity contribution in [3.63, 3.8) is 0 Å². The first kappa shape index (κ1) is 16.4. The average molecular weight is 355 g/mol. The summed E-state index contributed by atoms with van der Waals surface area (Å²) in [4.78, 5) is 13.1. The molecule has 0 atom stereocenters. The number of carbonyl (C=O) groups excluding carboxylic acids is 1. The molecular formula is C19H15ClN2OS. The molecular weight excluding hydrogens is 340 g/mol. The average Bonchev–Trinajstić information content (AvgIpc) is 3.07. The molecule has 120 valence electrons. The number of hydrazone groups is 1. The highest BCUT2D eigenvalue weighted by atomic mass is 35.5. The van der Waals surface area contributed by atoms with E-state index >= 15 is 0 Å². The van der Waals surface area contributed by atoms with Gasteiger partial charge in [0.25, 0.3) is 5.91 Å². The fourth-order valence-electron chi connectivity index (χ4n) is 2.21. The molecule has 3 aromatic rings. The van der Waals surface area contributed by atoms with E-state index in [4.69, 9.17) is 11.6 Å². The van der Waals surface area contributed by atoms with Crippen LogP contribution in [0.5, 0.6) is 0 Å². The van der Waals surface area contributed by atoms with Crippen LogP contribution in [0.3, 0.4) is 0 Å². The van der Waals surface area contributed by atoms with Crippen LogP contribution in [0.1, 0.15) is 22.2 Å². The van der Waals surface area contributed by atoms with Crippen molar-refractivity contribution in [1.29, 1.82) is 0 Å². The molecule has 0 saturated carbocycles. The minimum absolute atomic E-state index is 0.239. The maximum Gasteiger partial charge on any atom is 0.271 e. The van der Waals surface area contributed by atoms with E-state index in [1.54, 1.807) is 12.1 Å². The van der Waals surface area contributed by atoms with Gasteiger partial charge in [-0.1, -0.05) is 54.1 Å². The Hall–Kier alpha value is -2.43. The number of hydrogen-bond donors (Lipinski definition) is 1. The topological polar surface area (TPSA) is 41.5 Å². The van der Waals surface area contributed by atoms with Crippen molar-refractivity contribution in [2.45, 2.75) is 6.92 Å². The van der Waals surface area contributed by atoms with E-state index in [0.717, 1.165) is 21.7 Å². The minimum Gasteiger partial charge on any atom is -0.267 e. The van der Waals surface area contributed by atoms with Gasteiger partial charge >= 0.3 is 0 Å². The normalized spacial score (nSPS) is 11.3. The molecule has 1 amide bonds. The van der Waals surface area contributed by atoms with Crippen LogP contribution in [-0.2, 0) is 0 Å². The molecule has 5 heteroatoms. The van der Waals surface area contributed by atoms with Gasteiger partial charge in [0.2, 0.25) is 0 Å². The van der Waals surface area contributed by atoms with Crippen molar-refractivity contribution < 1.29 is 4.79 Å².